The number of Topliss-reactive ketones (excluding diaryl/α,β-unsaturated/α-hetero) is 1. The molecule has 4 aromatic rings. The molecule has 0 unspecified atom stereocenters. The van der Waals surface area contributed by atoms with Gasteiger partial charge in [-0.05, 0) is 68.9 Å². The molecule has 38 heavy (non-hydrogen) atoms. The monoisotopic (exact) mass is 531 g/mol. The molecule has 1 saturated carbocycles. The second kappa shape index (κ2) is 10.2. The number of nitrogens with zero attached hydrogens (tertiary/aromatic N) is 1. The summed E-state index contributed by atoms with van der Waals surface area (Å²) in [4.78, 5) is 36.1. The first kappa shape index (κ1) is 25.9. The fourth-order valence-corrected chi connectivity index (χ4v) is 5.53. The first-order valence-electron chi connectivity index (χ1n) is 12.6. The molecule has 3 aromatic carbocycles. The lowest BCUT2D eigenvalue weighted by Gasteiger charge is -2.35. The summed E-state index contributed by atoms with van der Waals surface area (Å²) in [5.74, 6) is -0.701. The summed E-state index contributed by atoms with van der Waals surface area (Å²) in [6, 6.07) is 18.5. The van der Waals surface area contributed by atoms with E-state index in [2.05, 4.69) is 13.0 Å². The lowest BCUT2D eigenvalue weighted by Crippen LogP contribution is -2.31. The Morgan fingerprint density at radius 2 is 1.68 bits per heavy atom. The maximum Gasteiger partial charge on any atom is 0.339 e. The van der Waals surface area contributed by atoms with Crippen molar-refractivity contribution in [2.24, 2.45) is 5.92 Å². The smallest absolute Gasteiger partial charge is 0.339 e. The fourth-order valence-electron chi connectivity index (χ4n) is 5.36. The van der Waals surface area contributed by atoms with Crippen LogP contribution in [0.15, 0.2) is 72.9 Å². The summed E-state index contributed by atoms with van der Waals surface area (Å²) in [7, 11) is 0. The van der Waals surface area contributed by atoms with Crippen LogP contribution in [0.25, 0.3) is 10.9 Å². The number of halogens is 2. The van der Waals surface area contributed by atoms with Crippen molar-refractivity contribution in [3.8, 4) is 0 Å². The minimum absolute atomic E-state index is 0.0607. The molecule has 0 bridgehead atoms. The van der Waals surface area contributed by atoms with Crippen molar-refractivity contribution in [2.75, 3.05) is 0 Å². The molecule has 0 N–H and O–H groups in total. The van der Waals surface area contributed by atoms with Crippen LogP contribution in [0.2, 0.25) is 5.02 Å². The predicted molar refractivity (Wildman–Crippen MR) is 144 cm³/mol. The van der Waals surface area contributed by atoms with E-state index in [1.54, 1.807) is 24.3 Å². The molecule has 5 nitrogen and oxygen atoms in total. The van der Waals surface area contributed by atoms with Crippen LogP contribution in [-0.4, -0.2) is 22.2 Å². The number of hydrogen-bond acceptors (Lipinski definition) is 4. The van der Waals surface area contributed by atoms with Crippen molar-refractivity contribution in [1.82, 2.24) is 4.57 Å². The molecule has 0 amide bonds. The normalized spacial score (nSPS) is 20.0. The van der Waals surface area contributed by atoms with Crippen molar-refractivity contribution in [1.29, 1.82) is 0 Å². The van der Waals surface area contributed by atoms with Gasteiger partial charge in [0.25, 0.3) is 5.91 Å². The van der Waals surface area contributed by atoms with Crippen molar-refractivity contribution < 1.29 is 23.5 Å². The quantitative estimate of drug-likeness (QED) is 0.197. The van der Waals surface area contributed by atoms with Gasteiger partial charge in [-0.15, -0.1) is 0 Å². The van der Waals surface area contributed by atoms with Gasteiger partial charge in [0.05, 0.1) is 16.6 Å². The molecule has 194 valence electrons. The Morgan fingerprint density at radius 1 is 1.00 bits per heavy atom. The van der Waals surface area contributed by atoms with Gasteiger partial charge in [0.2, 0.25) is 0 Å². The third-order valence-electron chi connectivity index (χ3n) is 7.48. The summed E-state index contributed by atoms with van der Waals surface area (Å²) in [6.45, 7) is 3.69. The van der Waals surface area contributed by atoms with E-state index in [1.807, 2.05) is 18.2 Å². The van der Waals surface area contributed by atoms with Crippen molar-refractivity contribution in [3.05, 3.63) is 106 Å². The zero-order chi connectivity index (χ0) is 27.0. The lowest BCUT2D eigenvalue weighted by molar-refractivity contribution is -0.0346. The second-order valence-corrected chi connectivity index (χ2v) is 10.5. The van der Waals surface area contributed by atoms with Gasteiger partial charge >= 0.3 is 5.97 Å². The van der Waals surface area contributed by atoms with E-state index in [-0.39, 0.29) is 22.9 Å². The van der Waals surface area contributed by atoms with Crippen LogP contribution in [0.5, 0.6) is 0 Å². The molecule has 7 heteroatoms. The zero-order valence-electron chi connectivity index (χ0n) is 21.2. The van der Waals surface area contributed by atoms with E-state index in [9.17, 15) is 18.8 Å². The van der Waals surface area contributed by atoms with Crippen LogP contribution < -0.4 is 0 Å². The number of rotatable bonds is 2. The first-order valence-corrected chi connectivity index (χ1v) is 13.0. The molecule has 1 fully saturated rings. The van der Waals surface area contributed by atoms with Crippen LogP contribution in [0.4, 0.5) is 4.39 Å². The summed E-state index contributed by atoms with van der Waals surface area (Å²) in [6.07, 6.45) is 5.70. The van der Waals surface area contributed by atoms with E-state index in [0.717, 1.165) is 42.7 Å². The van der Waals surface area contributed by atoms with Gasteiger partial charge < -0.3 is 4.74 Å². The van der Waals surface area contributed by atoms with E-state index >= 15 is 0 Å². The Kier molecular flexibility index (Phi) is 6.93. The van der Waals surface area contributed by atoms with Gasteiger partial charge in [0, 0.05) is 27.7 Å². The number of hydrogen-bond donors (Lipinski definition) is 0. The largest absolute Gasteiger partial charge is 0.451 e. The van der Waals surface area contributed by atoms with Crippen LogP contribution in [0.3, 0.4) is 0 Å². The molecule has 2 aliphatic rings. The molecule has 2 heterocycles. The van der Waals surface area contributed by atoms with E-state index in [0.29, 0.717) is 21.5 Å². The number of fused-ring (bicyclic) bond motifs is 3. The standard InChI is InChI=1S/C17H11ClFNO2.C14H16O2/c1-10(21)14-9-20(16-8-11(18)6-7-12(14)16)17(22)13-4-2-3-5-15(13)19;1-10-6-8-14(9-7-10)12-5-3-2-4-11(12)13(15)16-14/h2-9H,1H3;2-5,10H,6-9H2,1H3. The number of ketones is 1. The average molecular weight is 532 g/mol. The predicted octanol–water partition coefficient (Wildman–Crippen LogP) is 7.59. The molecule has 1 aromatic heterocycles. The van der Waals surface area contributed by atoms with Crippen LogP contribution >= 0.6 is 11.6 Å². The van der Waals surface area contributed by atoms with Crippen molar-refractivity contribution in [2.45, 2.75) is 45.1 Å². The molecule has 6 rings (SSSR count). The molecule has 0 atom stereocenters. The molecule has 1 aliphatic carbocycles. The van der Waals surface area contributed by atoms with Gasteiger partial charge in [-0.25, -0.2) is 9.18 Å². The van der Waals surface area contributed by atoms with E-state index in [4.69, 9.17) is 16.3 Å². The Labute approximate surface area is 225 Å². The summed E-state index contributed by atoms with van der Waals surface area (Å²) in [5, 5.41) is 1.05. The third kappa shape index (κ3) is 4.65. The van der Waals surface area contributed by atoms with E-state index < -0.39 is 11.7 Å². The van der Waals surface area contributed by atoms with Crippen molar-refractivity contribution in [3.63, 3.8) is 0 Å². The Morgan fingerprint density at radius 3 is 2.39 bits per heavy atom. The molecule has 0 radical (unpaired) electrons. The van der Waals surface area contributed by atoms with Gasteiger partial charge in [-0.3, -0.25) is 14.2 Å². The fraction of sp³-hybridized carbons (Fsp3) is 0.258. The second-order valence-electron chi connectivity index (χ2n) is 10.0. The lowest BCUT2D eigenvalue weighted by atomic mass is 9.75. The number of esters is 1. The highest BCUT2D eigenvalue weighted by molar-refractivity contribution is 6.31. The van der Waals surface area contributed by atoms with Crippen LogP contribution in [-0.2, 0) is 10.3 Å². The Balaban J connectivity index is 0.000000162. The van der Waals surface area contributed by atoms with Crippen LogP contribution in [0.1, 0.15) is 76.2 Å². The summed E-state index contributed by atoms with van der Waals surface area (Å²) < 4.78 is 20.8. The minimum atomic E-state index is -0.610. The van der Waals surface area contributed by atoms with Gasteiger partial charge in [-0.2, -0.15) is 0 Å². The topological polar surface area (TPSA) is 65.4 Å². The molecule has 1 spiro atoms. The highest BCUT2D eigenvalue weighted by Crippen LogP contribution is 2.47. The molecule has 1 aliphatic heterocycles. The number of benzene rings is 3. The number of carbonyl (C=O) groups is 3. The van der Waals surface area contributed by atoms with Crippen molar-refractivity contribution >= 4 is 40.2 Å². The number of carbonyl (C=O) groups excluding carboxylic acids is 3. The van der Waals surface area contributed by atoms with E-state index in [1.165, 1.54) is 35.9 Å². The van der Waals surface area contributed by atoms with Crippen LogP contribution in [0, 0.1) is 11.7 Å². The summed E-state index contributed by atoms with van der Waals surface area (Å²) >= 11 is 5.98. The van der Waals surface area contributed by atoms with Gasteiger partial charge in [0.15, 0.2) is 5.78 Å². The molecular weight excluding hydrogens is 505 g/mol. The maximum atomic E-state index is 13.8. The Bertz CT molecular complexity index is 1570. The maximum absolute atomic E-state index is 13.8. The number of aromatic nitrogens is 1. The summed E-state index contributed by atoms with van der Waals surface area (Å²) in [5.41, 5.74) is 2.42. The third-order valence-corrected chi connectivity index (χ3v) is 7.71. The Hall–Kier alpha value is -3.77. The average Bonchev–Trinajstić information content (AvgIpc) is 3.42. The van der Waals surface area contributed by atoms with Gasteiger partial charge in [-0.1, -0.05) is 54.9 Å². The highest BCUT2D eigenvalue weighted by atomic mass is 35.5. The molecular formula is C31H27ClFNO4. The highest BCUT2D eigenvalue weighted by Gasteiger charge is 2.46. The zero-order valence-corrected chi connectivity index (χ0v) is 21.9. The van der Waals surface area contributed by atoms with Gasteiger partial charge in [0.1, 0.15) is 11.4 Å². The first-order chi connectivity index (χ1) is 18.2. The minimum Gasteiger partial charge on any atom is -0.451 e. The molecule has 0 saturated heterocycles. The SMILES string of the molecule is CC(=O)c1cn(C(=O)c2ccccc2F)c2cc(Cl)ccc12.CC1CCC2(CC1)OC(=O)c1ccccc12. The number of ether oxygens (including phenoxy) is 1.